The maximum atomic E-state index is 11.8. The van der Waals surface area contributed by atoms with Gasteiger partial charge in [-0.1, -0.05) is 34.5 Å². The quantitative estimate of drug-likeness (QED) is 0.364. The molecule has 6 heteroatoms. The first-order valence-corrected chi connectivity index (χ1v) is 6.86. The Labute approximate surface area is 114 Å². The normalized spacial score (nSPS) is 10.1. The molecular weight excluding hydrogens is 300 g/mol. The average Bonchev–Trinajstić information content (AvgIpc) is 2.38. The Morgan fingerprint density at radius 2 is 2.00 bits per heavy atom. The van der Waals surface area contributed by atoms with Gasteiger partial charge in [-0.2, -0.15) is 0 Å². The summed E-state index contributed by atoms with van der Waals surface area (Å²) in [4.78, 5) is 22.0. The van der Waals surface area contributed by atoms with Crippen molar-refractivity contribution in [1.29, 1.82) is 0 Å². The Hall–Kier alpha value is -1.43. The number of benzene rings is 1. The molecule has 0 radical (unpaired) electrons. The minimum atomic E-state index is -0.542. The number of para-hydroxylation sites is 1. The molecule has 1 amide bonds. The molecule has 0 heterocycles. The van der Waals surface area contributed by atoms with Gasteiger partial charge in [0.15, 0.2) is 0 Å². The SMILES string of the molecule is O=C(NCCCCCBr)c1ccccc1[N+](=O)[O-]. The summed E-state index contributed by atoms with van der Waals surface area (Å²) in [5.74, 6) is -0.388. The molecule has 0 aromatic heterocycles. The Morgan fingerprint density at radius 1 is 1.28 bits per heavy atom. The van der Waals surface area contributed by atoms with Crippen molar-refractivity contribution in [3.05, 3.63) is 39.9 Å². The fourth-order valence-corrected chi connectivity index (χ4v) is 1.91. The molecule has 0 saturated carbocycles. The van der Waals surface area contributed by atoms with Gasteiger partial charge in [0.05, 0.1) is 4.92 Å². The molecule has 1 aromatic carbocycles. The largest absolute Gasteiger partial charge is 0.352 e. The summed E-state index contributed by atoms with van der Waals surface area (Å²) < 4.78 is 0. The van der Waals surface area contributed by atoms with Crippen molar-refractivity contribution in [3.8, 4) is 0 Å². The molecule has 0 bridgehead atoms. The molecule has 0 spiro atoms. The van der Waals surface area contributed by atoms with Crippen molar-refractivity contribution in [2.75, 3.05) is 11.9 Å². The predicted octanol–water partition coefficient (Wildman–Crippen LogP) is 2.89. The predicted molar refractivity (Wildman–Crippen MR) is 73.1 cm³/mol. The van der Waals surface area contributed by atoms with Crippen LogP contribution in [0.2, 0.25) is 0 Å². The number of hydrogen-bond donors (Lipinski definition) is 1. The number of nitrogens with one attached hydrogen (secondary N) is 1. The van der Waals surface area contributed by atoms with E-state index < -0.39 is 4.92 Å². The van der Waals surface area contributed by atoms with Gasteiger partial charge in [-0.05, 0) is 18.9 Å². The maximum Gasteiger partial charge on any atom is 0.282 e. The molecule has 0 fully saturated rings. The lowest BCUT2D eigenvalue weighted by Crippen LogP contribution is -2.25. The zero-order valence-corrected chi connectivity index (χ0v) is 11.5. The van der Waals surface area contributed by atoms with Gasteiger partial charge in [0, 0.05) is 17.9 Å². The fourth-order valence-electron chi connectivity index (χ4n) is 1.52. The van der Waals surface area contributed by atoms with E-state index in [1.807, 2.05) is 0 Å². The molecule has 0 aliphatic heterocycles. The van der Waals surface area contributed by atoms with Gasteiger partial charge in [0.2, 0.25) is 0 Å². The third-order valence-corrected chi connectivity index (χ3v) is 3.00. The Balaban J connectivity index is 2.54. The minimum absolute atomic E-state index is 0.114. The van der Waals surface area contributed by atoms with Crippen LogP contribution in [0.5, 0.6) is 0 Å². The molecule has 1 N–H and O–H groups in total. The molecule has 1 aromatic rings. The van der Waals surface area contributed by atoms with Crippen LogP contribution >= 0.6 is 15.9 Å². The molecule has 5 nitrogen and oxygen atoms in total. The van der Waals surface area contributed by atoms with Crippen molar-refractivity contribution in [2.45, 2.75) is 19.3 Å². The lowest BCUT2D eigenvalue weighted by atomic mass is 10.1. The van der Waals surface area contributed by atoms with Crippen molar-refractivity contribution in [2.24, 2.45) is 0 Å². The first-order chi connectivity index (χ1) is 8.66. The third kappa shape index (κ3) is 4.44. The summed E-state index contributed by atoms with van der Waals surface area (Å²) in [6, 6.07) is 5.96. The summed E-state index contributed by atoms with van der Waals surface area (Å²) in [6.07, 6.45) is 2.95. The van der Waals surface area contributed by atoms with Gasteiger partial charge in [-0.3, -0.25) is 14.9 Å². The zero-order chi connectivity index (χ0) is 13.4. The molecule has 98 valence electrons. The average molecular weight is 315 g/mol. The fraction of sp³-hybridized carbons (Fsp3) is 0.417. The van der Waals surface area contributed by atoms with Crippen LogP contribution < -0.4 is 5.32 Å². The second-order valence-corrected chi connectivity index (χ2v) is 4.57. The van der Waals surface area contributed by atoms with Crippen LogP contribution in [0, 0.1) is 10.1 Å². The lowest BCUT2D eigenvalue weighted by molar-refractivity contribution is -0.385. The van der Waals surface area contributed by atoms with E-state index in [4.69, 9.17) is 0 Å². The van der Waals surface area contributed by atoms with Crippen LogP contribution in [0.4, 0.5) is 5.69 Å². The molecule has 0 atom stereocenters. The maximum absolute atomic E-state index is 11.8. The summed E-state index contributed by atoms with van der Waals surface area (Å²) >= 11 is 3.33. The summed E-state index contributed by atoms with van der Waals surface area (Å²) in [5.41, 5.74) is -0.0431. The number of halogens is 1. The second-order valence-electron chi connectivity index (χ2n) is 3.78. The van der Waals surface area contributed by atoms with Gasteiger partial charge in [-0.25, -0.2) is 0 Å². The smallest absolute Gasteiger partial charge is 0.282 e. The van der Waals surface area contributed by atoms with Gasteiger partial charge in [-0.15, -0.1) is 0 Å². The van der Waals surface area contributed by atoms with E-state index in [0.29, 0.717) is 6.54 Å². The number of alkyl halides is 1. The van der Waals surface area contributed by atoms with E-state index in [1.54, 1.807) is 12.1 Å². The topological polar surface area (TPSA) is 72.2 Å². The number of nitrogens with zero attached hydrogens (tertiary/aromatic N) is 1. The van der Waals surface area contributed by atoms with E-state index in [-0.39, 0.29) is 17.2 Å². The number of nitro groups is 1. The van der Waals surface area contributed by atoms with E-state index >= 15 is 0 Å². The van der Waals surface area contributed by atoms with Gasteiger partial charge < -0.3 is 5.32 Å². The van der Waals surface area contributed by atoms with Crippen LogP contribution in [0.25, 0.3) is 0 Å². The first kappa shape index (κ1) is 14.6. The van der Waals surface area contributed by atoms with E-state index in [2.05, 4.69) is 21.2 Å². The van der Waals surface area contributed by atoms with Gasteiger partial charge in [0.25, 0.3) is 11.6 Å². The number of carbonyl (C=O) groups excluding carboxylic acids is 1. The summed E-state index contributed by atoms with van der Waals surface area (Å²) in [5, 5.41) is 14.4. The van der Waals surface area contributed by atoms with E-state index in [0.717, 1.165) is 24.6 Å². The lowest BCUT2D eigenvalue weighted by Gasteiger charge is -2.05. The van der Waals surface area contributed by atoms with Crippen LogP contribution in [-0.2, 0) is 0 Å². The summed E-state index contributed by atoms with van der Waals surface area (Å²) in [6.45, 7) is 0.540. The van der Waals surface area contributed by atoms with E-state index in [1.165, 1.54) is 12.1 Å². The number of amides is 1. The second kappa shape index (κ2) is 7.81. The number of carbonyl (C=O) groups is 1. The summed E-state index contributed by atoms with van der Waals surface area (Å²) in [7, 11) is 0. The highest BCUT2D eigenvalue weighted by Gasteiger charge is 2.18. The van der Waals surface area contributed by atoms with Crippen LogP contribution in [-0.4, -0.2) is 22.7 Å². The number of hydrogen-bond acceptors (Lipinski definition) is 3. The molecule has 0 unspecified atom stereocenters. The Morgan fingerprint density at radius 3 is 2.67 bits per heavy atom. The molecule has 0 aliphatic rings. The molecule has 1 rings (SSSR count). The van der Waals surface area contributed by atoms with Crippen LogP contribution in [0.1, 0.15) is 29.6 Å². The van der Waals surface area contributed by atoms with Crippen molar-refractivity contribution in [3.63, 3.8) is 0 Å². The highest BCUT2D eigenvalue weighted by Crippen LogP contribution is 2.17. The first-order valence-electron chi connectivity index (χ1n) is 5.74. The Kier molecular flexibility index (Phi) is 6.35. The van der Waals surface area contributed by atoms with Crippen molar-refractivity contribution < 1.29 is 9.72 Å². The monoisotopic (exact) mass is 314 g/mol. The number of rotatable bonds is 7. The minimum Gasteiger partial charge on any atom is -0.352 e. The highest BCUT2D eigenvalue weighted by atomic mass is 79.9. The molecule has 0 aliphatic carbocycles. The third-order valence-electron chi connectivity index (χ3n) is 2.44. The standard InChI is InChI=1S/C12H15BrN2O3/c13-8-4-1-5-9-14-12(16)10-6-2-3-7-11(10)15(17)18/h2-3,6-7H,1,4-5,8-9H2,(H,14,16). The highest BCUT2D eigenvalue weighted by molar-refractivity contribution is 9.09. The zero-order valence-electron chi connectivity index (χ0n) is 9.89. The van der Waals surface area contributed by atoms with E-state index in [9.17, 15) is 14.9 Å². The van der Waals surface area contributed by atoms with Crippen molar-refractivity contribution >= 4 is 27.5 Å². The van der Waals surface area contributed by atoms with Crippen LogP contribution in [0.15, 0.2) is 24.3 Å². The van der Waals surface area contributed by atoms with Crippen molar-refractivity contribution in [1.82, 2.24) is 5.32 Å². The number of nitro benzene ring substituents is 1. The Bertz CT molecular complexity index is 424. The number of unbranched alkanes of at least 4 members (excludes halogenated alkanes) is 2. The van der Waals surface area contributed by atoms with Crippen LogP contribution in [0.3, 0.4) is 0 Å². The van der Waals surface area contributed by atoms with Gasteiger partial charge in [0.1, 0.15) is 5.56 Å². The molecule has 0 saturated heterocycles. The molecular formula is C12H15BrN2O3. The van der Waals surface area contributed by atoms with Gasteiger partial charge >= 0.3 is 0 Å². The molecule has 18 heavy (non-hydrogen) atoms.